The van der Waals surface area contributed by atoms with Crippen molar-refractivity contribution in [2.24, 2.45) is 0 Å². The fraction of sp³-hybridized carbons (Fsp3) is 0.300. The molecule has 1 heterocycles. The van der Waals surface area contributed by atoms with Crippen LogP contribution in [0.2, 0.25) is 0 Å². The summed E-state index contributed by atoms with van der Waals surface area (Å²) in [7, 11) is 1.43. The summed E-state index contributed by atoms with van der Waals surface area (Å²) >= 11 is 0. The summed E-state index contributed by atoms with van der Waals surface area (Å²) in [5.41, 5.74) is 1.21. The average molecular weight is 211 g/mol. The van der Waals surface area contributed by atoms with Crippen molar-refractivity contribution in [1.29, 1.82) is 0 Å². The highest BCUT2D eigenvalue weighted by molar-refractivity contribution is 5.82. The number of methoxy groups -OCH3 is 1. The van der Waals surface area contributed by atoms with Gasteiger partial charge in [-0.3, -0.25) is 0 Å². The number of nitrogens with one attached hydrogen (secondary N) is 1. The standard InChI is InChI=1S/C10H10FNO3/c1-15-9-3-5(11)2-7-6(9)4-8(12-7)10(13)14/h2-3,8,12H,4H2,1H3,(H,13,14). The van der Waals surface area contributed by atoms with Gasteiger partial charge in [0.1, 0.15) is 17.6 Å². The fourth-order valence-corrected chi connectivity index (χ4v) is 1.73. The largest absolute Gasteiger partial charge is 0.496 e. The Morgan fingerprint density at radius 3 is 3.00 bits per heavy atom. The monoisotopic (exact) mass is 211 g/mol. The first-order valence-electron chi connectivity index (χ1n) is 4.47. The Morgan fingerprint density at radius 1 is 1.67 bits per heavy atom. The van der Waals surface area contributed by atoms with Crippen LogP contribution in [0.1, 0.15) is 5.56 Å². The number of hydrogen-bond acceptors (Lipinski definition) is 3. The number of aliphatic carboxylic acids is 1. The van der Waals surface area contributed by atoms with Gasteiger partial charge in [0.25, 0.3) is 0 Å². The van der Waals surface area contributed by atoms with Crippen molar-refractivity contribution >= 4 is 11.7 Å². The molecule has 2 rings (SSSR count). The van der Waals surface area contributed by atoms with Crippen molar-refractivity contribution in [2.45, 2.75) is 12.5 Å². The number of benzene rings is 1. The second-order valence-corrected chi connectivity index (χ2v) is 3.37. The lowest BCUT2D eigenvalue weighted by Gasteiger charge is -2.06. The third kappa shape index (κ3) is 1.60. The molecule has 1 aromatic carbocycles. The van der Waals surface area contributed by atoms with Crippen LogP contribution in [-0.4, -0.2) is 24.2 Å². The Labute approximate surface area is 85.7 Å². The Morgan fingerprint density at radius 2 is 2.40 bits per heavy atom. The van der Waals surface area contributed by atoms with Gasteiger partial charge < -0.3 is 15.2 Å². The molecule has 1 unspecified atom stereocenters. The van der Waals surface area contributed by atoms with E-state index in [2.05, 4.69) is 5.32 Å². The normalized spacial score (nSPS) is 18.1. The molecule has 0 aromatic heterocycles. The molecule has 4 nitrogen and oxygen atoms in total. The third-order valence-electron chi connectivity index (χ3n) is 2.43. The van der Waals surface area contributed by atoms with Crippen LogP contribution in [0.4, 0.5) is 10.1 Å². The number of rotatable bonds is 2. The minimum atomic E-state index is -0.950. The Kier molecular flexibility index (Phi) is 2.22. The van der Waals surface area contributed by atoms with E-state index in [9.17, 15) is 9.18 Å². The molecule has 1 atom stereocenters. The van der Waals surface area contributed by atoms with Crippen molar-refractivity contribution in [1.82, 2.24) is 0 Å². The smallest absolute Gasteiger partial charge is 0.326 e. The Balaban J connectivity index is 2.40. The van der Waals surface area contributed by atoms with E-state index in [1.54, 1.807) is 0 Å². The first kappa shape index (κ1) is 9.76. The van der Waals surface area contributed by atoms with Crippen molar-refractivity contribution in [3.63, 3.8) is 0 Å². The van der Waals surface area contributed by atoms with Crippen LogP contribution in [0.3, 0.4) is 0 Å². The SMILES string of the molecule is COc1cc(F)cc2c1CC(C(=O)O)N2. The Hall–Kier alpha value is -1.78. The van der Waals surface area contributed by atoms with Gasteiger partial charge in [-0.25, -0.2) is 9.18 Å². The molecule has 5 heteroatoms. The first-order chi connectivity index (χ1) is 7.11. The summed E-state index contributed by atoms with van der Waals surface area (Å²) in [6.07, 6.45) is 0.314. The number of carbonyl (C=O) groups is 1. The zero-order chi connectivity index (χ0) is 11.0. The topological polar surface area (TPSA) is 58.6 Å². The molecule has 1 aliphatic rings. The molecule has 0 fully saturated rings. The number of fused-ring (bicyclic) bond motifs is 1. The molecule has 0 radical (unpaired) electrons. The molecule has 15 heavy (non-hydrogen) atoms. The van der Waals surface area contributed by atoms with Crippen LogP contribution in [0.25, 0.3) is 0 Å². The molecule has 0 spiro atoms. The van der Waals surface area contributed by atoms with Crippen molar-refractivity contribution in [2.75, 3.05) is 12.4 Å². The second kappa shape index (κ2) is 3.42. The summed E-state index contributed by atoms with van der Waals surface area (Å²) in [6, 6.07) is 1.83. The minimum absolute atomic E-state index is 0.314. The van der Waals surface area contributed by atoms with Crippen LogP contribution in [0, 0.1) is 5.82 Å². The predicted molar refractivity (Wildman–Crippen MR) is 51.7 cm³/mol. The van der Waals surface area contributed by atoms with E-state index in [0.29, 0.717) is 23.4 Å². The minimum Gasteiger partial charge on any atom is -0.496 e. The molecular formula is C10H10FNO3. The maximum Gasteiger partial charge on any atom is 0.326 e. The predicted octanol–water partition coefficient (Wildman–Crippen LogP) is 1.26. The third-order valence-corrected chi connectivity index (χ3v) is 2.43. The summed E-state index contributed by atoms with van der Waals surface area (Å²) in [5.74, 6) is -1.00. The van der Waals surface area contributed by atoms with Crippen LogP contribution in [0.5, 0.6) is 5.75 Å². The summed E-state index contributed by atoms with van der Waals surface area (Å²) in [6.45, 7) is 0. The van der Waals surface area contributed by atoms with Crippen molar-refractivity contribution in [3.05, 3.63) is 23.5 Å². The molecule has 0 amide bonds. The highest BCUT2D eigenvalue weighted by Gasteiger charge is 2.29. The molecule has 1 aromatic rings. The molecule has 0 aliphatic carbocycles. The number of halogens is 1. The maximum atomic E-state index is 13.1. The van der Waals surface area contributed by atoms with E-state index in [4.69, 9.17) is 9.84 Å². The molecule has 0 saturated heterocycles. The van der Waals surface area contributed by atoms with Gasteiger partial charge in [-0.15, -0.1) is 0 Å². The summed E-state index contributed by atoms with van der Waals surface area (Å²) in [4.78, 5) is 10.8. The number of hydrogen-bond donors (Lipinski definition) is 2. The molecule has 2 N–H and O–H groups in total. The van der Waals surface area contributed by atoms with Crippen LogP contribution in [0.15, 0.2) is 12.1 Å². The molecule has 0 saturated carbocycles. The zero-order valence-electron chi connectivity index (χ0n) is 8.08. The number of ether oxygens (including phenoxy) is 1. The van der Waals surface area contributed by atoms with Gasteiger partial charge in [-0.05, 0) is 6.07 Å². The second-order valence-electron chi connectivity index (χ2n) is 3.37. The van der Waals surface area contributed by atoms with Gasteiger partial charge in [0.15, 0.2) is 0 Å². The lowest BCUT2D eigenvalue weighted by Crippen LogP contribution is -2.26. The van der Waals surface area contributed by atoms with E-state index in [1.165, 1.54) is 19.2 Å². The van der Waals surface area contributed by atoms with Gasteiger partial charge in [0.05, 0.1) is 7.11 Å². The summed E-state index contributed by atoms with van der Waals surface area (Å²) in [5, 5.41) is 11.6. The number of carboxylic acids is 1. The Bertz CT molecular complexity index is 419. The lowest BCUT2D eigenvalue weighted by atomic mass is 10.1. The first-order valence-corrected chi connectivity index (χ1v) is 4.47. The summed E-state index contributed by atoms with van der Waals surface area (Å²) < 4.78 is 18.1. The quantitative estimate of drug-likeness (QED) is 0.773. The molecule has 0 bridgehead atoms. The van der Waals surface area contributed by atoms with E-state index >= 15 is 0 Å². The van der Waals surface area contributed by atoms with Crippen LogP contribution < -0.4 is 10.1 Å². The van der Waals surface area contributed by atoms with Gasteiger partial charge in [0.2, 0.25) is 0 Å². The molecule has 1 aliphatic heterocycles. The van der Waals surface area contributed by atoms with Crippen molar-refractivity contribution in [3.8, 4) is 5.75 Å². The fourth-order valence-electron chi connectivity index (χ4n) is 1.73. The van der Waals surface area contributed by atoms with Crippen molar-refractivity contribution < 1.29 is 19.0 Å². The van der Waals surface area contributed by atoms with Gasteiger partial charge in [-0.1, -0.05) is 0 Å². The van der Waals surface area contributed by atoms with E-state index < -0.39 is 17.8 Å². The van der Waals surface area contributed by atoms with Gasteiger partial charge >= 0.3 is 5.97 Å². The number of carboxylic acid groups (broad SMARTS) is 1. The van der Waals surface area contributed by atoms with E-state index in [1.807, 2.05) is 0 Å². The zero-order valence-corrected chi connectivity index (χ0v) is 8.08. The average Bonchev–Trinajstić information content (AvgIpc) is 2.59. The van der Waals surface area contributed by atoms with Crippen LogP contribution >= 0.6 is 0 Å². The molecular weight excluding hydrogens is 201 g/mol. The lowest BCUT2D eigenvalue weighted by molar-refractivity contribution is -0.137. The van der Waals surface area contributed by atoms with E-state index in [-0.39, 0.29) is 0 Å². The van der Waals surface area contributed by atoms with Gasteiger partial charge in [-0.2, -0.15) is 0 Å². The van der Waals surface area contributed by atoms with Crippen LogP contribution in [-0.2, 0) is 11.2 Å². The maximum absolute atomic E-state index is 13.1. The van der Waals surface area contributed by atoms with Gasteiger partial charge in [0, 0.05) is 23.7 Å². The highest BCUT2D eigenvalue weighted by atomic mass is 19.1. The van der Waals surface area contributed by atoms with E-state index in [0.717, 1.165) is 0 Å². The number of anilines is 1. The highest BCUT2D eigenvalue weighted by Crippen LogP contribution is 2.34. The molecule has 80 valence electrons.